The molecule has 0 saturated carbocycles. The Morgan fingerprint density at radius 1 is 1.15 bits per heavy atom. The zero-order chi connectivity index (χ0) is 25.0. The van der Waals surface area contributed by atoms with Gasteiger partial charge in [0.15, 0.2) is 0 Å². The highest BCUT2D eigenvalue weighted by atomic mass is 15.1. The van der Waals surface area contributed by atoms with Crippen LogP contribution in [0.25, 0.3) is 0 Å². The third-order valence-corrected chi connectivity index (χ3v) is 6.88. The molecule has 0 heterocycles. The molecule has 0 fully saturated rings. The van der Waals surface area contributed by atoms with E-state index in [4.69, 9.17) is 0 Å². The Hall–Kier alpha value is -2.04. The molecule has 1 nitrogen and oxygen atoms in total. The number of nitrogens with zero attached hydrogens (tertiary/aromatic N) is 1. The van der Waals surface area contributed by atoms with E-state index in [1.54, 1.807) is 5.57 Å². The van der Waals surface area contributed by atoms with E-state index in [2.05, 4.69) is 115 Å². The summed E-state index contributed by atoms with van der Waals surface area (Å²) in [6, 6.07) is 0. The van der Waals surface area contributed by atoms with Gasteiger partial charge in [-0.05, 0) is 91.5 Å². The van der Waals surface area contributed by atoms with Crippen LogP contribution in [0.15, 0.2) is 82.9 Å². The molecular formula is C32H49N. The molecule has 33 heavy (non-hydrogen) atoms. The predicted octanol–water partition coefficient (Wildman–Crippen LogP) is 9.00. The Bertz CT molecular complexity index is 856. The standard InChI is InChI=1S/C32H49N/c1-11-16-17-19-25(6)26(7)22-30-24-32(9,10)23-29(13-3)31(30)27(8)28(12-2)20-18-21-33(14-4)15-5/h12,16,18-20,26-27H,3,6,11,14-15,21-24H2,1-2,4-5,7-10H3/b20-18-,28-12+. The first kappa shape index (κ1) is 29.0. The van der Waals surface area contributed by atoms with E-state index >= 15 is 0 Å². The highest BCUT2D eigenvalue weighted by Crippen LogP contribution is 2.47. The minimum atomic E-state index is 0.228. The third kappa shape index (κ3) is 9.02. The van der Waals surface area contributed by atoms with E-state index in [9.17, 15) is 0 Å². The summed E-state index contributed by atoms with van der Waals surface area (Å²) in [5, 5.41) is 0. The van der Waals surface area contributed by atoms with Crippen LogP contribution in [-0.4, -0.2) is 24.5 Å². The Kier molecular flexibility index (Phi) is 12.5. The molecule has 1 aliphatic carbocycles. The van der Waals surface area contributed by atoms with Crippen molar-refractivity contribution in [3.05, 3.63) is 82.9 Å². The van der Waals surface area contributed by atoms with Crippen LogP contribution < -0.4 is 0 Å². The average molecular weight is 448 g/mol. The van der Waals surface area contributed by atoms with Crippen molar-refractivity contribution in [1.29, 1.82) is 0 Å². The van der Waals surface area contributed by atoms with Crippen molar-refractivity contribution >= 4 is 0 Å². The molecule has 1 rings (SSSR count). The number of allylic oxidation sites excluding steroid dienone is 8. The molecule has 0 aromatic heterocycles. The van der Waals surface area contributed by atoms with E-state index in [-0.39, 0.29) is 5.41 Å². The highest BCUT2D eigenvalue weighted by molar-refractivity contribution is 5.46. The second-order valence-electron chi connectivity index (χ2n) is 10.2. The minimum absolute atomic E-state index is 0.228. The quantitative estimate of drug-likeness (QED) is 0.213. The van der Waals surface area contributed by atoms with Gasteiger partial charge in [-0.25, -0.2) is 0 Å². The molecule has 0 spiro atoms. The van der Waals surface area contributed by atoms with Crippen LogP contribution in [0.2, 0.25) is 0 Å². The molecule has 0 N–H and O–H groups in total. The molecule has 0 aromatic carbocycles. The first-order chi connectivity index (χ1) is 15.6. The highest BCUT2D eigenvalue weighted by Gasteiger charge is 2.33. The lowest BCUT2D eigenvalue weighted by Gasteiger charge is -2.38. The van der Waals surface area contributed by atoms with E-state index in [1.807, 2.05) is 0 Å². The maximum Gasteiger partial charge on any atom is 0.0166 e. The van der Waals surface area contributed by atoms with Gasteiger partial charge in [0.25, 0.3) is 0 Å². The van der Waals surface area contributed by atoms with Crippen LogP contribution in [0.4, 0.5) is 0 Å². The van der Waals surface area contributed by atoms with E-state index in [0.29, 0.717) is 11.8 Å². The number of rotatable bonds is 12. The molecular weight excluding hydrogens is 398 g/mol. The van der Waals surface area contributed by atoms with Crippen LogP contribution in [0.5, 0.6) is 0 Å². The Balaban J connectivity index is 3.34. The van der Waals surface area contributed by atoms with Gasteiger partial charge >= 0.3 is 0 Å². The molecule has 0 aliphatic heterocycles. The van der Waals surface area contributed by atoms with Gasteiger partial charge in [0.1, 0.15) is 0 Å². The second-order valence-corrected chi connectivity index (χ2v) is 10.2. The van der Waals surface area contributed by atoms with Crippen LogP contribution in [-0.2, 0) is 0 Å². The van der Waals surface area contributed by atoms with Gasteiger partial charge in [0, 0.05) is 12.5 Å². The van der Waals surface area contributed by atoms with Crippen LogP contribution in [0.3, 0.4) is 0 Å². The summed E-state index contributed by atoms with van der Waals surface area (Å²) in [5.41, 5.74) is 13.7. The summed E-state index contributed by atoms with van der Waals surface area (Å²) in [5.74, 6) is 0.710. The summed E-state index contributed by atoms with van der Waals surface area (Å²) < 4.78 is 0. The number of hydrogen-bond acceptors (Lipinski definition) is 1. The lowest BCUT2D eigenvalue weighted by Crippen LogP contribution is -2.24. The van der Waals surface area contributed by atoms with Crippen LogP contribution in [0, 0.1) is 17.3 Å². The Labute approximate surface area is 205 Å². The van der Waals surface area contributed by atoms with Crippen molar-refractivity contribution in [3.63, 3.8) is 0 Å². The first-order valence-electron chi connectivity index (χ1n) is 12.9. The molecule has 1 aliphatic rings. The smallest absolute Gasteiger partial charge is 0.0166 e. The fourth-order valence-electron chi connectivity index (χ4n) is 4.83. The van der Waals surface area contributed by atoms with Gasteiger partial charge in [-0.3, -0.25) is 0 Å². The van der Waals surface area contributed by atoms with Gasteiger partial charge in [0.2, 0.25) is 0 Å². The van der Waals surface area contributed by atoms with Crippen molar-refractivity contribution in [3.8, 4) is 0 Å². The van der Waals surface area contributed by atoms with Gasteiger partial charge in [-0.1, -0.05) is 85.4 Å². The minimum Gasteiger partial charge on any atom is -0.300 e. The van der Waals surface area contributed by atoms with E-state index in [0.717, 1.165) is 50.9 Å². The fourth-order valence-corrected chi connectivity index (χ4v) is 4.83. The number of hydrogen-bond donors (Lipinski definition) is 0. The van der Waals surface area contributed by atoms with Crippen molar-refractivity contribution < 1.29 is 0 Å². The maximum absolute atomic E-state index is 4.34. The van der Waals surface area contributed by atoms with Gasteiger partial charge in [0.05, 0.1) is 0 Å². The monoisotopic (exact) mass is 447 g/mol. The topological polar surface area (TPSA) is 3.24 Å². The normalized spacial score (nSPS) is 18.2. The predicted molar refractivity (Wildman–Crippen MR) is 148 cm³/mol. The third-order valence-electron chi connectivity index (χ3n) is 6.88. The largest absolute Gasteiger partial charge is 0.300 e. The first-order valence-corrected chi connectivity index (χ1v) is 12.9. The Morgan fingerprint density at radius 3 is 2.36 bits per heavy atom. The van der Waals surface area contributed by atoms with Crippen molar-refractivity contribution in [2.45, 2.75) is 81.1 Å². The molecule has 0 saturated heterocycles. The van der Waals surface area contributed by atoms with Gasteiger partial charge < -0.3 is 4.90 Å². The molecule has 0 amide bonds. The molecule has 0 bridgehead atoms. The summed E-state index contributed by atoms with van der Waals surface area (Å²) in [6.45, 7) is 29.7. The van der Waals surface area contributed by atoms with E-state index in [1.165, 1.54) is 16.7 Å². The fraction of sp³-hybridized carbons (Fsp3) is 0.562. The summed E-state index contributed by atoms with van der Waals surface area (Å²) in [4.78, 5) is 2.44. The average Bonchev–Trinajstić information content (AvgIpc) is 2.78. The van der Waals surface area contributed by atoms with Crippen molar-refractivity contribution in [2.75, 3.05) is 19.6 Å². The number of likely N-dealkylation sites (N-methyl/N-ethyl adjacent to an activating group) is 1. The van der Waals surface area contributed by atoms with E-state index < -0.39 is 0 Å². The van der Waals surface area contributed by atoms with Crippen molar-refractivity contribution in [1.82, 2.24) is 4.90 Å². The molecule has 182 valence electrons. The molecule has 2 unspecified atom stereocenters. The summed E-state index contributed by atoms with van der Waals surface area (Å²) in [7, 11) is 0. The summed E-state index contributed by atoms with van der Waals surface area (Å²) >= 11 is 0. The Morgan fingerprint density at radius 2 is 1.82 bits per heavy atom. The van der Waals surface area contributed by atoms with Crippen LogP contribution in [0.1, 0.15) is 81.1 Å². The molecule has 0 radical (unpaired) electrons. The molecule has 1 heteroatoms. The zero-order valence-corrected chi connectivity index (χ0v) is 22.9. The molecule has 0 aromatic rings. The lowest BCUT2D eigenvalue weighted by molar-refractivity contribution is 0.334. The maximum atomic E-state index is 4.34. The lowest BCUT2D eigenvalue weighted by atomic mass is 9.67. The van der Waals surface area contributed by atoms with Gasteiger partial charge in [-0.2, -0.15) is 0 Å². The van der Waals surface area contributed by atoms with Crippen LogP contribution >= 0.6 is 0 Å². The zero-order valence-electron chi connectivity index (χ0n) is 22.9. The second kappa shape index (κ2) is 14.3. The SMILES string of the molecule is C=C=C1CC(C)(C)CC(CC(C)C(=C)C=C=CCC)=C1C(C)C(/C=C\CN(CC)CC)=C/C. The summed E-state index contributed by atoms with van der Waals surface area (Å²) in [6.07, 6.45) is 15.2. The van der Waals surface area contributed by atoms with Gasteiger partial charge in [-0.15, -0.1) is 11.5 Å². The molecule has 2 atom stereocenters. The van der Waals surface area contributed by atoms with Crippen molar-refractivity contribution in [2.24, 2.45) is 17.3 Å².